The van der Waals surface area contributed by atoms with Crippen molar-refractivity contribution in [2.24, 2.45) is 0 Å². The van der Waals surface area contributed by atoms with Crippen molar-refractivity contribution in [1.82, 2.24) is 15.1 Å². The van der Waals surface area contributed by atoms with E-state index in [2.05, 4.69) is 17.3 Å². The molecule has 1 fully saturated rings. The Kier molecular flexibility index (Phi) is 5.44. The molecule has 1 aromatic rings. The molecule has 0 bridgehead atoms. The van der Waals surface area contributed by atoms with Gasteiger partial charge in [0.25, 0.3) is 0 Å². The number of urea groups is 1. The van der Waals surface area contributed by atoms with Crippen LogP contribution in [0.2, 0.25) is 0 Å². The number of amides is 2. The Morgan fingerprint density at radius 1 is 1.43 bits per heavy atom. The third kappa shape index (κ3) is 4.36. The molecular weight excluding hydrogens is 266 g/mol. The molecule has 5 heteroatoms. The normalized spacial score (nSPS) is 18.5. The quantitative estimate of drug-likeness (QED) is 0.896. The van der Waals surface area contributed by atoms with Crippen molar-refractivity contribution in [1.29, 1.82) is 0 Å². The molecule has 0 radical (unpaired) electrons. The number of nitrogens with one attached hydrogen (secondary N) is 1. The summed E-state index contributed by atoms with van der Waals surface area (Å²) in [7, 11) is 5.63. The van der Waals surface area contributed by atoms with E-state index in [0.29, 0.717) is 12.6 Å². The molecule has 1 aliphatic heterocycles. The van der Waals surface area contributed by atoms with Crippen LogP contribution in [0, 0.1) is 0 Å². The summed E-state index contributed by atoms with van der Waals surface area (Å²) in [6.07, 6.45) is 1.88. The van der Waals surface area contributed by atoms with E-state index in [1.165, 1.54) is 5.56 Å². The van der Waals surface area contributed by atoms with E-state index >= 15 is 0 Å². The van der Waals surface area contributed by atoms with Crippen LogP contribution in [0.5, 0.6) is 5.75 Å². The van der Waals surface area contributed by atoms with Crippen molar-refractivity contribution < 1.29 is 9.53 Å². The van der Waals surface area contributed by atoms with Gasteiger partial charge in [0.1, 0.15) is 5.75 Å². The number of carbonyl (C=O) groups is 1. The molecule has 5 nitrogen and oxygen atoms in total. The number of carbonyl (C=O) groups excluding carboxylic acids is 1. The third-order valence-corrected chi connectivity index (χ3v) is 4.08. The Morgan fingerprint density at radius 3 is 2.71 bits per heavy atom. The predicted octanol–water partition coefficient (Wildman–Crippen LogP) is 1.58. The highest BCUT2D eigenvalue weighted by Gasteiger charge is 2.25. The Bertz CT molecular complexity index is 461. The largest absolute Gasteiger partial charge is 0.497 e. The summed E-state index contributed by atoms with van der Waals surface area (Å²) in [5.74, 6) is 0.855. The molecule has 1 aliphatic rings. The molecule has 1 heterocycles. The topological polar surface area (TPSA) is 44.8 Å². The fourth-order valence-corrected chi connectivity index (χ4v) is 2.62. The minimum atomic E-state index is 0.0174. The van der Waals surface area contributed by atoms with Gasteiger partial charge in [0.2, 0.25) is 0 Å². The monoisotopic (exact) mass is 291 g/mol. The number of methoxy groups -OCH3 is 1. The Labute approximate surface area is 126 Å². The van der Waals surface area contributed by atoms with E-state index in [4.69, 9.17) is 4.74 Å². The van der Waals surface area contributed by atoms with E-state index in [1.54, 1.807) is 7.11 Å². The van der Waals surface area contributed by atoms with Gasteiger partial charge in [0.05, 0.1) is 7.11 Å². The standard InChI is InChI=1S/C16H25N3O2/c1-18-11-9-14(12-18)19(2)16(20)17-10-8-13-4-6-15(21-3)7-5-13/h4-7,14H,8-12H2,1-3H3,(H,17,20). The van der Waals surface area contributed by atoms with E-state index in [1.807, 2.05) is 36.2 Å². The minimum absolute atomic E-state index is 0.0174. The van der Waals surface area contributed by atoms with Crippen LogP contribution in [0.3, 0.4) is 0 Å². The molecule has 1 N–H and O–H groups in total. The second-order valence-corrected chi connectivity index (χ2v) is 5.65. The molecule has 0 saturated carbocycles. The summed E-state index contributed by atoms with van der Waals surface area (Å²) in [4.78, 5) is 16.2. The van der Waals surface area contributed by atoms with E-state index in [9.17, 15) is 4.79 Å². The predicted molar refractivity (Wildman–Crippen MR) is 83.8 cm³/mol. The van der Waals surface area contributed by atoms with Gasteiger partial charge in [0.15, 0.2) is 0 Å². The van der Waals surface area contributed by atoms with Crippen LogP contribution in [0.25, 0.3) is 0 Å². The van der Waals surface area contributed by atoms with Gasteiger partial charge < -0.3 is 19.9 Å². The number of likely N-dealkylation sites (N-methyl/N-ethyl adjacent to an activating group) is 2. The number of hydrogen-bond donors (Lipinski definition) is 1. The van der Waals surface area contributed by atoms with Crippen molar-refractivity contribution >= 4 is 6.03 Å². The Balaban J connectivity index is 1.73. The molecule has 0 aromatic heterocycles. The highest BCUT2D eigenvalue weighted by atomic mass is 16.5. The van der Waals surface area contributed by atoms with Gasteiger partial charge in [-0.25, -0.2) is 4.79 Å². The maximum atomic E-state index is 12.1. The van der Waals surface area contributed by atoms with E-state index in [0.717, 1.165) is 31.7 Å². The molecule has 2 amide bonds. The zero-order valence-electron chi connectivity index (χ0n) is 13.1. The summed E-state index contributed by atoms with van der Waals surface area (Å²) < 4.78 is 5.13. The first-order valence-electron chi connectivity index (χ1n) is 7.42. The molecule has 0 aliphatic carbocycles. The van der Waals surface area contributed by atoms with E-state index < -0.39 is 0 Å². The molecule has 1 atom stereocenters. The number of likely N-dealkylation sites (tertiary alicyclic amines) is 1. The minimum Gasteiger partial charge on any atom is -0.497 e. The first-order chi connectivity index (χ1) is 10.1. The number of rotatable bonds is 5. The first-order valence-corrected chi connectivity index (χ1v) is 7.42. The lowest BCUT2D eigenvalue weighted by Gasteiger charge is -2.24. The van der Waals surface area contributed by atoms with Crippen LogP contribution in [0.4, 0.5) is 4.79 Å². The van der Waals surface area contributed by atoms with Gasteiger partial charge in [-0.3, -0.25) is 0 Å². The lowest BCUT2D eigenvalue weighted by Crippen LogP contribution is -2.45. The van der Waals surface area contributed by atoms with Crippen molar-refractivity contribution in [3.63, 3.8) is 0 Å². The van der Waals surface area contributed by atoms with Gasteiger partial charge in [-0.2, -0.15) is 0 Å². The number of hydrogen-bond acceptors (Lipinski definition) is 3. The van der Waals surface area contributed by atoms with Crippen molar-refractivity contribution in [3.8, 4) is 5.75 Å². The molecule has 1 unspecified atom stereocenters. The van der Waals surface area contributed by atoms with Gasteiger partial charge in [0, 0.05) is 26.2 Å². The molecule has 1 aromatic carbocycles. The van der Waals surface area contributed by atoms with Gasteiger partial charge >= 0.3 is 6.03 Å². The van der Waals surface area contributed by atoms with Crippen LogP contribution in [-0.2, 0) is 6.42 Å². The zero-order valence-corrected chi connectivity index (χ0v) is 13.1. The van der Waals surface area contributed by atoms with Crippen LogP contribution in [0.15, 0.2) is 24.3 Å². The van der Waals surface area contributed by atoms with Crippen LogP contribution >= 0.6 is 0 Å². The maximum Gasteiger partial charge on any atom is 0.317 e. The molecule has 0 spiro atoms. The second-order valence-electron chi connectivity index (χ2n) is 5.65. The molecule has 2 rings (SSSR count). The average Bonchev–Trinajstić information content (AvgIpc) is 2.93. The molecular formula is C16H25N3O2. The summed E-state index contributed by atoms with van der Waals surface area (Å²) in [5.41, 5.74) is 1.19. The maximum absolute atomic E-state index is 12.1. The van der Waals surface area contributed by atoms with Crippen molar-refractivity contribution in [2.75, 3.05) is 40.8 Å². The first kappa shape index (κ1) is 15.6. The smallest absolute Gasteiger partial charge is 0.317 e. The average molecular weight is 291 g/mol. The molecule has 116 valence electrons. The SMILES string of the molecule is COc1ccc(CCNC(=O)N(C)C2CCN(C)C2)cc1. The van der Waals surface area contributed by atoms with Crippen LogP contribution in [-0.4, -0.2) is 62.7 Å². The fourth-order valence-electron chi connectivity index (χ4n) is 2.62. The fraction of sp³-hybridized carbons (Fsp3) is 0.562. The van der Waals surface area contributed by atoms with E-state index in [-0.39, 0.29) is 6.03 Å². The summed E-state index contributed by atoms with van der Waals surface area (Å²) in [6.45, 7) is 2.68. The van der Waals surface area contributed by atoms with Gasteiger partial charge in [-0.05, 0) is 44.1 Å². The highest BCUT2D eigenvalue weighted by Crippen LogP contribution is 2.13. The lowest BCUT2D eigenvalue weighted by atomic mass is 10.1. The van der Waals surface area contributed by atoms with Crippen molar-refractivity contribution in [3.05, 3.63) is 29.8 Å². The number of benzene rings is 1. The van der Waals surface area contributed by atoms with Crippen molar-refractivity contribution in [2.45, 2.75) is 18.9 Å². The second kappa shape index (κ2) is 7.31. The van der Waals surface area contributed by atoms with Crippen LogP contribution < -0.4 is 10.1 Å². The third-order valence-electron chi connectivity index (χ3n) is 4.08. The number of nitrogens with zero attached hydrogens (tertiary/aromatic N) is 2. The highest BCUT2D eigenvalue weighted by molar-refractivity contribution is 5.74. The Hall–Kier alpha value is -1.75. The Morgan fingerprint density at radius 2 is 2.14 bits per heavy atom. The molecule has 1 saturated heterocycles. The zero-order chi connectivity index (χ0) is 15.2. The summed E-state index contributed by atoms with van der Waals surface area (Å²) in [5, 5.41) is 2.99. The van der Waals surface area contributed by atoms with Gasteiger partial charge in [-0.15, -0.1) is 0 Å². The molecule has 21 heavy (non-hydrogen) atoms. The van der Waals surface area contributed by atoms with Gasteiger partial charge in [-0.1, -0.05) is 12.1 Å². The number of ether oxygens (including phenoxy) is 1. The summed E-state index contributed by atoms with van der Waals surface area (Å²) >= 11 is 0. The summed E-state index contributed by atoms with van der Waals surface area (Å²) in [6, 6.07) is 8.29. The van der Waals surface area contributed by atoms with Crippen LogP contribution in [0.1, 0.15) is 12.0 Å². The lowest BCUT2D eigenvalue weighted by molar-refractivity contribution is 0.191.